The summed E-state index contributed by atoms with van der Waals surface area (Å²) in [6, 6.07) is 5.50. The molecule has 18 heavy (non-hydrogen) atoms. The molecule has 0 unspecified atom stereocenters. The molecular formula is C12H13FN2O3. The number of urea groups is 1. The van der Waals surface area contributed by atoms with E-state index < -0.39 is 17.8 Å². The minimum absolute atomic E-state index is 0.00568. The highest BCUT2D eigenvalue weighted by Gasteiger charge is 2.32. The van der Waals surface area contributed by atoms with Crippen molar-refractivity contribution < 1.29 is 19.1 Å². The van der Waals surface area contributed by atoms with Crippen molar-refractivity contribution >= 4 is 17.7 Å². The standard InChI is InChI=1S/C12H13FN2O3/c13-9-3-1-2-4-10(9)14-12(18)15-6-8(7-15)5-11(16)17/h1-4,8H,5-7H2,(H,14,18)(H,16,17). The molecule has 1 saturated heterocycles. The van der Waals surface area contributed by atoms with E-state index in [0.717, 1.165) is 0 Å². The van der Waals surface area contributed by atoms with Crippen LogP contribution >= 0.6 is 0 Å². The summed E-state index contributed by atoms with van der Waals surface area (Å²) in [4.78, 5) is 23.6. The van der Waals surface area contributed by atoms with Crippen LogP contribution < -0.4 is 5.32 Å². The van der Waals surface area contributed by atoms with Gasteiger partial charge in [-0.25, -0.2) is 9.18 Å². The average molecular weight is 252 g/mol. The van der Waals surface area contributed by atoms with E-state index in [9.17, 15) is 14.0 Å². The molecule has 0 aromatic heterocycles. The van der Waals surface area contributed by atoms with E-state index in [-0.39, 0.29) is 18.0 Å². The van der Waals surface area contributed by atoms with Crippen molar-refractivity contribution in [3.63, 3.8) is 0 Å². The van der Waals surface area contributed by atoms with Gasteiger partial charge in [-0.1, -0.05) is 12.1 Å². The highest BCUT2D eigenvalue weighted by molar-refractivity contribution is 5.90. The summed E-state index contributed by atoms with van der Waals surface area (Å²) in [6.07, 6.45) is 0.0590. The number of likely N-dealkylation sites (tertiary alicyclic amines) is 1. The molecule has 5 nitrogen and oxygen atoms in total. The zero-order valence-corrected chi connectivity index (χ0v) is 9.60. The van der Waals surface area contributed by atoms with Crippen LogP contribution in [0.15, 0.2) is 24.3 Å². The average Bonchev–Trinajstić information content (AvgIpc) is 2.25. The number of halogens is 1. The van der Waals surface area contributed by atoms with E-state index in [1.54, 1.807) is 6.07 Å². The third-order valence-corrected chi connectivity index (χ3v) is 2.82. The lowest BCUT2D eigenvalue weighted by atomic mass is 9.97. The Hall–Kier alpha value is -2.11. The van der Waals surface area contributed by atoms with Gasteiger partial charge in [0.1, 0.15) is 5.82 Å². The molecule has 1 heterocycles. The van der Waals surface area contributed by atoms with Crippen LogP contribution in [-0.2, 0) is 4.79 Å². The van der Waals surface area contributed by atoms with Crippen molar-refractivity contribution in [1.82, 2.24) is 4.90 Å². The molecule has 0 bridgehead atoms. The maximum Gasteiger partial charge on any atom is 0.321 e. The molecule has 0 aliphatic carbocycles. The molecule has 0 spiro atoms. The Bertz CT molecular complexity index is 472. The van der Waals surface area contributed by atoms with Gasteiger partial charge in [-0.3, -0.25) is 4.79 Å². The summed E-state index contributed by atoms with van der Waals surface area (Å²) in [7, 11) is 0. The number of hydrogen-bond acceptors (Lipinski definition) is 2. The van der Waals surface area contributed by atoms with Crippen LogP contribution in [0, 0.1) is 11.7 Å². The van der Waals surface area contributed by atoms with Gasteiger partial charge in [0.15, 0.2) is 0 Å². The number of carboxylic acid groups (broad SMARTS) is 1. The van der Waals surface area contributed by atoms with Crippen molar-refractivity contribution in [2.75, 3.05) is 18.4 Å². The minimum Gasteiger partial charge on any atom is -0.481 e. The Balaban J connectivity index is 1.84. The predicted octanol–water partition coefficient (Wildman–Crippen LogP) is 1.76. The van der Waals surface area contributed by atoms with E-state index in [0.29, 0.717) is 13.1 Å². The first-order valence-corrected chi connectivity index (χ1v) is 5.58. The number of para-hydroxylation sites is 1. The van der Waals surface area contributed by atoms with E-state index in [1.807, 2.05) is 0 Å². The smallest absolute Gasteiger partial charge is 0.321 e. The Morgan fingerprint density at radius 3 is 2.67 bits per heavy atom. The van der Waals surface area contributed by atoms with Gasteiger partial charge in [0, 0.05) is 19.0 Å². The second-order valence-electron chi connectivity index (χ2n) is 4.28. The van der Waals surface area contributed by atoms with E-state index in [4.69, 9.17) is 5.11 Å². The quantitative estimate of drug-likeness (QED) is 0.861. The molecule has 1 aromatic rings. The molecular weight excluding hydrogens is 239 g/mol. The summed E-state index contributed by atoms with van der Waals surface area (Å²) in [5.41, 5.74) is 0.129. The molecule has 1 aromatic carbocycles. The summed E-state index contributed by atoms with van der Waals surface area (Å²) in [6.45, 7) is 0.791. The molecule has 6 heteroatoms. The zero-order chi connectivity index (χ0) is 13.1. The number of benzene rings is 1. The Morgan fingerprint density at radius 1 is 1.39 bits per heavy atom. The fraction of sp³-hybridized carbons (Fsp3) is 0.333. The second kappa shape index (κ2) is 5.03. The molecule has 96 valence electrons. The fourth-order valence-corrected chi connectivity index (χ4v) is 1.87. The number of rotatable bonds is 3. The van der Waals surface area contributed by atoms with Gasteiger partial charge in [-0.15, -0.1) is 0 Å². The summed E-state index contributed by atoms with van der Waals surface area (Å²) in [5.74, 6) is -1.36. The van der Waals surface area contributed by atoms with Crippen LogP contribution in [0.2, 0.25) is 0 Å². The number of carboxylic acids is 1. The van der Waals surface area contributed by atoms with Crippen LogP contribution in [-0.4, -0.2) is 35.1 Å². The van der Waals surface area contributed by atoms with Gasteiger partial charge < -0.3 is 15.3 Å². The Kier molecular flexibility index (Phi) is 3.45. The summed E-state index contributed by atoms with van der Waals surface area (Å²) >= 11 is 0. The second-order valence-corrected chi connectivity index (χ2v) is 4.28. The van der Waals surface area contributed by atoms with Crippen LogP contribution in [0.5, 0.6) is 0 Å². The lowest BCUT2D eigenvalue weighted by Gasteiger charge is -2.38. The number of hydrogen-bond donors (Lipinski definition) is 2. The molecule has 2 rings (SSSR count). The minimum atomic E-state index is -0.867. The fourth-order valence-electron chi connectivity index (χ4n) is 1.87. The Morgan fingerprint density at radius 2 is 2.06 bits per heavy atom. The van der Waals surface area contributed by atoms with Crippen molar-refractivity contribution in [3.05, 3.63) is 30.1 Å². The molecule has 1 aliphatic heterocycles. The third kappa shape index (κ3) is 2.77. The van der Waals surface area contributed by atoms with Crippen molar-refractivity contribution in [2.45, 2.75) is 6.42 Å². The third-order valence-electron chi connectivity index (χ3n) is 2.82. The lowest BCUT2D eigenvalue weighted by Crippen LogP contribution is -2.52. The maximum atomic E-state index is 13.3. The SMILES string of the molecule is O=C(O)CC1CN(C(=O)Nc2ccccc2F)C1. The maximum absolute atomic E-state index is 13.3. The largest absolute Gasteiger partial charge is 0.481 e. The molecule has 1 aliphatic rings. The first-order valence-electron chi connectivity index (χ1n) is 5.58. The monoisotopic (exact) mass is 252 g/mol. The number of carbonyl (C=O) groups is 2. The topological polar surface area (TPSA) is 69.6 Å². The van der Waals surface area contributed by atoms with Gasteiger partial charge in [0.05, 0.1) is 12.1 Å². The molecule has 2 amide bonds. The lowest BCUT2D eigenvalue weighted by molar-refractivity contribution is -0.139. The van der Waals surface area contributed by atoms with Crippen molar-refractivity contribution in [2.24, 2.45) is 5.92 Å². The first kappa shape index (κ1) is 12.3. The van der Waals surface area contributed by atoms with Gasteiger partial charge in [-0.2, -0.15) is 0 Å². The van der Waals surface area contributed by atoms with Gasteiger partial charge >= 0.3 is 12.0 Å². The molecule has 0 radical (unpaired) electrons. The number of amides is 2. The van der Waals surface area contributed by atoms with Crippen LogP contribution in [0.4, 0.5) is 14.9 Å². The molecule has 0 atom stereocenters. The zero-order valence-electron chi connectivity index (χ0n) is 9.60. The highest BCUT2D eigenvalue weighted by Crippen LogP contribution is 2.21. The number of nitrogens with zero attached hydrogens (tertiary/aromatic N) is 1. The van der Waals surface area contributed by atoms with Crippen molar-refractivity contribution in [3.8, 4) is 0 Å². The van der Waals surface area contributed by atoms with E-state index in [2.05, 4.69) is 5.32 Å². The number of anilines is 1. The number of aliphatic carboxylic acids is 1. The molecule has 2 N–H and O–H groups in total. The molecule has 0 saturated carbocycles. The number of carbonyl (C=O) groups excluding carboxylic acids is 1. The first-order chi connectivity index (χ1) is 8.56. The van der Waals surface area contributed by atoms with Crippen molar-refractivity contribution in [1.29, 1.82) is 0 Å². The van der Waals surface area contributed by atoms with E-state index >= 15 is 0 Å². The van der Waals surface area contributed by atoms with Gasteiger partial charge in [0.25, 0.3) is 0 Å². The summed E-state index contributed by atoms with van der Waals surface area (Å²) in [5, 5.41) is 11.0. The van der Waals surface area contributed by atoms with Crippen LogP contribution in [0.1, 0.15) is 6.42 Å². The van der Waals surface area contributed by atoms with E-state index in [1.165, 1.54) is 23.1 Å². The van der Waals surface area contributed by atoms with Crippen LogP contribution in [0.3, 0.4) is 0 Å². The van der Waals surface area contributed by atoms with Crippen LogP contribution in [0.25, 0.3) is 0 Å². The summed E-state index contributed by atoms with van der Waals surface area (Å²) < 4.78 is 13.3. The molecule has 1 fully saturated rings. The highest BCUT2D eigenvalue weighted by atomic mass is 19.1. The van der Waals surface area contributed by atoms with Gasteiger partial charge in [0.2, 0.25) is 0 Å². The van der Waals surface area contributed by atoms with Gasteiger partial charge in [-0.05, 0) is 12.1 Å². The number of nitrogens with one attached hydrogen (secondary N) is 1. The Labute approximate surface area is 103 Å². The normalized spacial score (nSPS) is 15.1. The predicted molar refractivity (Wildman–Crippen MR) is 62.7 cm³/mol.